The van der Waals surface area contributed by atoms with Gasteiger partial charge in [0.25, 0.3) is 0 Å². The van der Waals surface area contributed by atoms with Crippen LogP contribution in [0.3, 0.4) is 0 Å². The van der Waals surface area contributed by atoms with Crippen molar-refractivity contribution < 1.29 is 37.9 Å². The summed E-state index contributed by atoms with van der Waals surface area (Å²) >= 11 is 1.56. The van der Waals surface area contributed by atoms with Gasteiger partial charge in [-0.25, -0.2) is 0 Å². The van der Waals surface area contributed by atoms with E-state index in [2.05, 4.69) is 0 Å². The molecule has 0 bridgehead atoms. The molecule has 3 rings (SSSR count). The third-order valence-electron chi connectivity index (χ3n) is 4.71. The average Bonchev–Trinajstić information content (AvgIpc) is 3.25. The number of carbonyl (C=O) groups excluding carboxylic acids is 5. The molecule has 2 N–H and O–H groups in total. The van der Waals surface area contributed by atoms with Gasteiger partial charge < -0.3 is 19.6 Å². The summed E-state index contributed by atoms with van der Waals surface area (Å²) in [5, 5.41) is 0. The number of nitrogens with two attached hydrogens (primary N) is 1. The number of hydrogen-bond acceptors (Lipinski definition) is 10. The van der Waals surface area contributed by atoms with Crippen LogP contribution in [0.25, 0.3) is 0 Å². The Kier molecular flexibility index (Phi) is 7.60. The first-order valence-corrected chi connectivity index (χ1v) is 11.1. The first kappa shape index (κ1) is 23.4. The van der Waals surface area contributed by atoms with Gasteiger partial charge in [-0.05, 0) is 24.5 Å². The summed E-state index contributed by atoms with van der Waals surface area (Å²) < 4.78 is 15.1. The maximum absolute atomic E-state index is 12.6. The Morgan fingerprint density at radius 1 is 1.03 bits per heavy atom. The number of Topliss-reactive ketones (excluding diaryl/α,β-unsaturated/α-hetero) is 1. The summed E-state index contributed by atoms with van der Waals surface area (Å²) in [5.41, 5.74) is 6.07. The summed E-state index contributed by atoms with van der Waals surface area (Å²) in [4.78, 5) is 61.1. The molecule has 0 radical (unpaired) electrons. The number of rotatable bonds is 10. The molecule has 2 aromatic rings. The molecule has 1 atom stereocenters. The van der Waals surface area contributed by atoms with E-state index in [4.69, 9.17) is 19.6 Å². The Morgan fingerprint density at radius 2 is 1.69 bits per heavy atom. The van der Waals surface area contributed by atoms with E-state index in [9.17, 15) is 24.0 Å². The fraction of sp³-hybridized carbons (Fsp3) is 0.318. The van der Waals surface area contributed by atoms with Gasteiger partial charge in [0.15, 0.2) is 17.3 Å². The van der Waals surface area contributed by atoms with Gasteiger partial charge in [0.1, 0.15) is 25.7 Å². The topological polar surface area (TPSA) is 143 Å². The zero-order valence-corrected chi connectivity index (χ0v) is 18.1. The van der Waals surface area contributed by atoms with E-state index < -0.39 is 41.8 Å². The molecule has 10 heteroatoms. The van der Waals surface area contributed by atoms with Crippen molar-refractivity contribution in [1.29, 1.82) is 0 Å². The Balaban J connectivity index is 1.52. The van der Waals surface area contributed by atoms with Gasteiger partial charge in [0.05, 0.1) is 5.56 Å². The standard InChI is InChI=1S/C22H21NO8S/c1-32-9-6-15(23)22(28)30-8-7-29-18(25)11-16(24)17-10-14-19(26)12-4-2-3-5-13(12)20(27)21(14)31-17/h2-5,10,15H,6-9,11,23H2,1H3/t15-/m0/s1. The van der Waals surface area contributed by atoms with Crippen LogP contribution in [0.5, 0.6) is 0 Å². The third kappa shape index (κ3) is 5.14. The highest BCUT2D eigenvalue weighted by molar-refractivity contribution is 7.98. The van der Waals surface area contributed by atoms with E-state index in [1.165, 1.54) is 18.2 Å². The first-order valence-electron chi connectivity index (χ1n) is 9.75. The molecule has 0 fully saturated rings. The molecule has 1 aliphatic rings. The maximum atomic E-state index is 12.6. The smallest absolute Gasteiger partial charge is 0.323 e. The quantitative estimate of drug-likeness (QED) is 0.206. The van der Waals surface area contributed by atoms with Gasteiger partial charge in [0, 0.05) is 11.1 Å². The van der Waals surface area contributed by atoms with Gasteiger partial charge in [-0.15, -0.1) is 0 Å². The van der Waals surface area contributed by atoms with Crippen LogP contribution in [-0.2, 0) is 19.1 Å². The molecule has 0 unspecified atom stereocenters. The van der Waals surface area contributed by atoms with Crippen molar-refractivity contribution in [2.75, 3.05) is 25.2 Å². The predicted molar refractivity (Wildman–Crippen MR) is 114 cm³/mol. The van der Waals surface area contributed by atoms with Crippen LogP contribution in [0.15, 0.2) is 34.7 Å². The lowest BCUT2D eigenvalue weighted by atomic mass is 9.88. The summed E-state index contributed by atoms with van der Waals surface area (Å²) in [6.07, 6.45) is 1.70. The SMILES string of the molecule is CSCC[C@H](N)C(=O)OCCOC(=O)CC(=O)c1cc2c(o1)C(=O)c1ccccc1C2=O. The van der Waals surface area contributed by atoms with E-state index in [-0.39, 0.29) is 41.4 Å². The molecule has 1 heterocycles. The lowest BCUT2D eigenvalue weighted by Gasteiger charge is -2.11. The lowest BCUT2D eigenvalue weighted by molar-refractivity contribution is -0.152. The van der Waals surface area contributed by atoms with Gasteiger partial charge in [-0.1, -0.05) is 24.3 Å². The molecule has 168 valence electrons. The lowest BCUT2D eigenvalue weighted by Crippen LogP contribution is -2.33. The number of ether oxygens (including phenoxy) is 2. The largest absolute Gasteiger partial charge is 0.462 e. The third-order valence-corrected chi connectivity index (χ3v) is 5.35. The van der Waals surface area contributed by atoms with E-state index in [1.807, 2.05) is 6.26 Å². The minimum Gasteiger partial charge on any atom is -0.462 e. The van der Waals surface area contributed by atoms with E-state index in [0.717, 1.165) is 0 Å². The molecule has 0 amide bonds. The van der Waals surface area contributed by atoms with E-state index in [0.29, 0.717) is 12.2 Å². The van der Waals surface area contributed by atoms with Gasteiger partial charge in [0.2, 0.25) is 11.6 Å². The molecular formula is C22H21NO8S. The van der Waals surface area contributed by atoms with Crippen LogP contribution in [0, 0.1) is 0 Å². The molecular weight excluding hydrogens is 438 g/mol. The molecule has 32 heavy (non-hydrogen) atoms. The van der Waals surface area contributed by atoms with Crippen molar-refractivity contribution in [3.8, 4) is 0 Å². The summed E-state index contributed by atoms with van der Waals surface area (Å²) in [6.45, 7) is -0.434. The highest BCUT2D eigenvalue weighted by Crippen LogP contribution is 2.30. The van der Waals surface area contributed by atoms with Crippen LogP contribution < -0.4 is 5.73 Å². The molecule has 0 aliphatic heterocycles. The highest BCUT2D eigenvalue weighted by Gasteiger charge is 2.34. The van der Waals surface area contributed by atoms with Crippen LogP contribution in [0.1, 0.15) is 55.4 Å². The number of carbonyl (C=O) groups is 5. The number of hydrogen-bond donors (Lipinski definition) is 1. The van der Waals surface area contributed by atoms with Gasteiger partial charge in [-0.3, -0.25) is 24.0 Å². The molecule has 0 saturated heterocycles. The van der Waals surface area contributed by atoms with Crippen LogP contribution in [-0.4, -0.2) is 60.6 Å². The summed E-state index contributed by atoms with van der Waals surface area (Å²) in [6, 6.07) is 6.69. The minimum absolute atomic E-state index is 0.0184. The first-order chi connectivity index (χ1) is 15.3. The minimum atomic E-state index is -0.868. The maximum Gasteiger partial charge on any atom is 0.323 e. The fourth-order valence-corrected chi connectivity index (χ4v) is 3.54. The van der Waals surface area contributed by atoms with E-state index in [1.54, 1.807) is 23.9 Å². The van der Waals surface area contributed by atoms with Gasteiger partial charge >= 0.3 is 11.9 Å². The Morgan fingerprint density at radius 3 is 2.38 bits per heavy atom. The molecule has 0 spiro atoms. The number of furan rings is 1. The molecule has 1 aromatic heterocycles. The average molecular weight is 459 g/mol. The molecule has 1 aromatic carbocycles. The highest BCUT2D eigenvalue weighted by atomic mass is 32.2. The summed E-state index contributed by atoms with van der Waals surface area (Å²) in [5.74, 6) is -2.94. The second-order valence-corrected chi connectivity index (χ2v) is 7.92. The number of thioether (sulfide) groups is 1. The number of ketones is 3. The number of esters is 2. The van der Waals surface area contributed by atoms with Crippen molar-refractivity contribution in [1.82, 2.24) is 0 Å². The predicted octanol–water partition coefficient (Wildman–Crippen LogP) is 1.79. The zero-order valence-electron chi connectivity index (χ0n) is 17.3. The van der Waals surface area contributed by atoms with Crippen LogP contribution >= 0.6 is 11.8 Å². The second-order valence-electron chi connectivity index (χ2n) is 6.93. The number of benzene rings is 1. The molecule has 9 nitrogen and oxygen atoms in total. The monoisotopic (exact) mass is 459 g/mol. The second kappa shape index (κ2) is 10.4. The van der Waals surface area contributed by atoms with Crippen molar-refractivity contribution in [3.63, 3.8) is 0 Å². The van der Waals surface area contributed by atoms with Crippen molar-refractivity contribution in [2.24, 2.45) is 5.73 Å². The zero-order chi connectivity index (χ0) is 23.3. The Labute approximate surface area is 187 Å². The summed E-state index contributed by atoms with van der Waals surface area (Å²) in [7, 11) is 0. The van der Waals surface area contributed by atoms with Crippen LogP contribution in [0.2, 0.25) is 0 Å². The van der Waals surface area contributed by atoms with E-state index >= 15 is 0 Å². The van der Waals surface area contributed by atoms with Crippen molar-refractivity contribution >= 4 is 41.1 Å². The normalized spacial score (nSPS) is 13.2. The van der Waals surface area contributed by atoms with Gasteiger partial charge in [-0.2, -0.15) is 11.8 Å². The molecule has 1 aliphatic carbocycles. The Bertz CT molecular complexity index is 1020. The molecule has 0 saturated carbocycles. The Hall–Kier alpha value is -3.24. The van der Waals surface area contributed by atoms with Crippen molar-refractivity contribution in [3.05, 3.63) is 58.5 Å². The van der Waals surface area contributed by atoms with Crippen LogP contribution in [0.4, 0.5) is 0 Å². The van der Waals surface area contributed by atoms with Crippen molar-refractivity contribution in [2.45, 2.75) is 18.9 Å². The fourth-order valence-electron chi connectivity index (χ4n) is 3.05. The number of fused-ring (bicyclic) bond motifs is 2.